The highest BCUT2D eigenvalue weighted by Crippen LogP contribution is 2.43. The van der Waals surface area contributed by atoms with Crippen molar-refractivity contribution in [1.29, 1.82) is 5.26 Å². The number of carboxylic acid groups (broad SMARTS) is 1. The summed E-state index contributed by atoms with van der Waals surface area (Å²) in [5.41, 5.74) is 0.292. The van der Waals surface area contributed by atoms with Crippen molar-refractivity contribution in [3.8, 4) is 6.07 Å². The topological polar surface area (TPSA) is 174 Å². The van der Waals surface area contributed by atoms with Crippen molar-refractivity contribution in [3.63, 3.8) is 0 Å². The summed E-state index contributed by atoms with van der Waals surface area (Å²) in [6, 6.07) is 10.5. The highest BCUT2D eigenvalue weighted by molar-refractivity contribution is 5.93. The Morgan fingerprint density at radius 3 is 2.53 bits per heavy atom. The van der Waals surface area contributed by atoms with E-state index in [2.05, 4.69) is 16.3 Å². The van der Waals surface area contributed by atoms with Gasteiger partial charge in [0.1, 0.15) is 12.6 Å². The van der Waals surface area contributed by atoms with E-state index in [0.717, 1.165) is 12.1 Å². The van der Waals surface area contributed by atoms with E-state index in [1.807, 2.05) is 14.1 Å². The predicted molar refractivity (Wildman–Crippen MR) is 160 cm³/mol. The number of aromatic nitrogens is 3. The molecule has 0 unspecified atom stereocenters. The minimum absolute atomic E-state index is 0.0167. The summed E-state index contributed by atoms with van der Waals surface area (Å²) in [7, 11) is 5.19. The molecule has 47 heavy (non-hydrogen) atoms. The van der Waals surface area contributed by atoms with Gasteiger partial charge in [-0.1, -0.05) is 12.1 Å². The number of hydrogen-bond acceptors (Lipinski definition) is 10. The van der Waals surface area contributed by atoms with Crippen LogP contribution < -0.4 is 15.7 Å². The van der Waals surface area contributed by atoms with Crippen molar-refractivity contribution in [1.82, 2.24) is 14.8 Å². The third kappa shape index (κ3) is 8.44. The number of rotatable bonds is 11. The molecule has 0 amide bonds. The molecule has 0 fully saturated rings. The fraction of sp³-hybridized carbons (Fsp3) is 0.387. The van der Waals surface area contributed by atoms with Crippen LogP contribution in [0, 0.1) is 11.3 Å². The van der Waals surface area contributed by atoms with E-state index in [-0.39, 0.29) is 36.1 Å². The maximum absolute atomic E-state index is 13.6. The van der Waals surface area contributed by atoms with Gasteiger partial charge in [-0.15, -0.1) is 5.10 Å². The van der Waals surface area contributed by atoms with Crippen LogP contribution in [0.25, 0.3) is 0 Å². The Kier molecular flexibility index (Phi) is 12.1. The van der Waals surface area contributed by atoms with Crippen LogP contribution in [0.1, 0.15) is 35.2 Å². The summed E-state index contributed by atoms with van der Waals surface area (Å²) in [5, 5.41) is 33.4. The number of likely N-dealkylation sites (N-methyl/N-ethyl adjacent to an activating group) is 1. The summed E-state index contributed by atoms with van der Waals surface area (Å²) in [5.74, 6) is -0.799. The van der Waals surface area contributed by atoms with Crippen LogP contribution in [0.2, 0.25) is 0 Å². The van der Waals surface area contributed by atoms with Gasteiger partial charge in [-0.3, -0.25) is 4.90 Å². The number of ether oxygens (including phenoxy) is 2. The van der Waals surface area contributed by atoms with Gasteiger partial charge in [0.15, 0.2) is 0 Å². The summed E-state index contributed by atoms with van der Waals surface area (Å²) >= 11 is 0. The SMILES string of the molecule is COC(=O)C1=C(C)N(c2cccc(C(F)(F)F)c2)c2n[nH]c(=O)n2[C@@H]1c1ccc(C#N)cc1CC[N+](C)(C)CCOCCO.O=C[O-]. The Balaban J connectivity index is 0.00000192. The van der Waals surface area contributed by atoms with Crippen molar-refractivity contribution < 1.29 is 46.9 Å². The minimum Gasteiger partial charge on any atom is -0.554 e. The summed E-state index contributed by atoms with van der Waals surface area (Å²) in [4.78, 5) is 36.3. The molecule has 4 rings (SSSR count). The second-order valence-corrected chi connectivity index (χ2v) is 11.1. The number of esters is 1. The van der Waals surface area contributed by atoms with E-state index in [4.69, 9.17) is 24.5 Å². The van der Waals surface area contributed by atoms with Crippen molar-refractivity contribution >= 4 is 24.1 Å². The number of fused-ring (bicyclic) bond motifs is 1. The number of quaternary nitrogens is 1. The molecule has 16 heteroatoms. The normalized spacial score (nSPS) is 14.5. The van der Waals surface area contributed by atoms with E-state index in [0.29, 0.717) is 47.3 Å². The van der Waals surface area contributed by atoms with Crippen LogP contribution in [-0.4, -0.2) is 90.9 Å². The fourth-order valence-electron chi connectivity index (χ4n) is 5.25. The first-order valence-corrected chi connectivity index (χ1v) is 14.3. The zero-order valence-electron chi connectivity index (χ0n) is 26.2. The fourth-order valence-corrected chi connectivity index (χ4v) is 5.25. The van der Waals surface area contributed by atoms with Gasteiger partial charge in [-0.25, -0.2) is 19.3 Å². The number of benzene rings is 2. The predicted octanol–water partition coefficient (Wildman–Crippen LogP) is 1.64. The van der Waals surface area contributed by atoms with Gasteiger partial charge in [0.05, 0.1) is 70.3 Å². The Bertz CT molecular complexity index is 1710. The third-order valence-electron chi connectivity index (χ3n) is 7.61. The van der Waals surface area contributed by atoms with Crippen LogP contribution in [-0.2, 0) is 31.7 Å². The van der Waals surface area contributed by atoms with Crippen LogP contribution in [0.15, 0.2) is 58.5 Å². The number of halogens is 3. The first-order valence-electron chi connectivity index (χ1n) is 14.3. The Morgan fingerprint density at radius 1 is 1.21 bits per heavy atom. The van der Waals surface area contributed by atoms with Crippen LogP contribution >= 0.6 is 0 Å². The molecule has 2 N–H and O–H groups in total. The highest BCUT2D eigenvalue weighted by atomic mass is 19.4. The molecule has 2 aromatic carbocycles. The second-order valence-electron chi connectivity index (χ2n) is 11.1. The molecule has 0 saturated heterocycles. The lowest BCUT2D eigenvalue weighted by Gasteiger charge is -2.36. The van der Waals surface area contributed by atoms with Crippen LogP contribution in [0.3, 0.4) is 0 Å². The molecule has 2 heterocycles. The van der Waals surface area contributed by atoms with Crippen LogP contribution in [0.5, 0.6) is 0 Å². The number of aromatic amines is 1. The van der Waals surface area contributed by atoms with Crippen molar-refractivity contribution in [3.05, 3.63) is 86.5 Å². The lowest BCUT2D eigenvalue weighted by atomic mass is 9.89. The second kappa shape index (κ2) is 15.5. The number of aliphatic hydroxyl groups excluding tert-OH is 1. The van der Waals surface area contributed by atoms with E-state index in [1.54, 1.807) is 25.1 Å². The van der Waals surface area contributed by atoms with E-state index in [9.17, 15) is 28.0 Å². The number of carbonyl (C=O) groups excluding carboxylic acids is 2. The lowest BCUT2D eigenvalue weighted by Crippen LogP contribution is -2.44. The molecule has 3 aromatic rings. The number of nitrogens with one attached hydrogen (secondary N) is 1. The van der Waals surface area contributed by atoms with Gasteiger partial charge in [0.2, 0.25) is 5.95 Å². The highest BCUT2D eigenvalue weighted by Gasteiger charge is 2.41. The zero-order chi connectivity index (χ0) is 34.9. The molecule has 1 atom stereocenters. The van der Waals surface area contributed by atoms with Gasteiger partial charge < -0.3 is 29.0 Å². The number of methoxy groups -OCH3 is 1. The molecule has 13 nitrogen and oxygen atoms in total. The molecule has 1 aliphatic rings. The number of H-pyrrole nitrogens is 1. The summed E-state index contributed by atoms with van der Waals surface area (Å²) < 4.78 is 53.2. The molecule has 0 saturated carbocycles. The van der Waals surface area contributed by atoms with Crippen molar-refractivity contribution in [2.45, 2.75) is 25.6 Å². The molecular formula is C31H35F3N6O7. The van der Waals surface area contributed by atoms with Gasteiger partial charge in [-0.2, -0.15) is 18.4 Å². The number of hydrogen-bond donors (Lipinski definition) is 2. The van der Waals surface area contributed by atoms with Crippen LogP contribution in [0.4, 0.5) is 24.8 Å². The molecule has 0 radical (unpaired) electrons. The molecule has 1 aromatic heterocycles. The Morgan fingerprint density at radius 2 is 1.91 bits per heavy atom. The third-order valence-corrected chi connectivity index (χ3v) is 7.61. The number of nitriles is 1. The van der Waals surface area contributed by atoms with E-state index < -0.39 is 35.9 Å². The van der Waals surface area contributed by atoms with Gasteiger partial charge >= 0.3 is 17.8 Å². The van der Waals surface area contributed by atoms with Gasteiger partial charge in [-0.05, 0) is 48.4 Å². The maximum atomic E-state index is 13.6. The number of carbonyl (C=O) groups is 2. The first kappa shape index (κ1) is 36.5. The Labute approximate surface area is 268 Å². The molecular weight excluding hydrogens is 625 g/mol. The number of alkyl halides is 3. The average molecular weight is 661 g/mol. The largest absolute Gasteiger partial charge is 0.554 e. The molecule has 252 valence electrons. The maximum Gasteiger partial charge on any atom is 0.416 e. The lowest BCUT2D eigenvalue weighted by molar-refractivity contribution is -0.890. The quantitative estimate of drug-likeness (QED) is 0.133. The average Bonchev–Trinajstić information content (AvgIpc) is 3.41. The van der Waals surface area contributed by atoms with Gasteiger partial charge in [0, 0.05) is 24.3 Å². The smallest absolute Gasteiger partial charge is 0.416 e. The van der Waals surface area contributed by atoms with Crippen molar-refractivity contribution in [2.24, 2.45) is 0 Å². The molecule has 0 aliphatic carbocycles. The minimum atomic E-state index is -4.63. The zero-order valence-corrected chi connectivity index (χ0v) is 26.2. The molecule has 1 aliphatic heterocycles. The summed E-state index contributed by atoms with van der Waals surface area (Å²) in [6.45, 7) is 2.87. The first-order chi connectivity index (χ1) is 22.2. The number of aliphatic hydroxyl groups is 1. The van der Waals surface area contributed by atoms with Crippen molar-refractivity contribution in [2.75, 3.05) is 59.0 Å². The number of allylic oxidation sites excluding steroid dienone is 1. The standard InChI is InChI=1S/C30H33F3N6O5.CH2O2/c1-19-25(27(41)43-4)26(24-9-8-20(18-34)16-21(24)10-11-39(2,3)12-14-44-15-13-40)38-28(35-36-29(38)42)37(19)23-7-5-6-22(17-23)30(31,32)33;2-1-3/h5-9,16-17,26,40H,10-15H2,1-4H3;1H,(H,2,3)/t26-;/m1./s1. The van der Waals surface area contributed by atoms with E-state index in [1.165, 1.54) is 28.7 Å². The summed E-state index contributed by atoms with van der Waals surface area (Å²) in [6.07, 6.45) is -4.18. The Hall–Kier alpha value is -4.98. The van der Waals surface area contributed by atoms with E-state index >= 15 is 0 Å². The molecule has 0 spiro atoms. The monoisotopic (exact) mass is 660 g/mol. The number of nitrogens with zero attached hydrogens (tertiary/aromatic N) is 5. The number of anilines is 2. The van der Waals surface area contributed by atoms with Gasteiger partial charge in [0.25, 0.3) is 0 Å². The molecule has 0 bridgehead atoms.